The predicted octanol–water partition coefficient (Wildman–Crippen LogP) is 3.44. The number of thiophene rings is 1. The average molecular weight is 355 g/mol. The molecule has 0 fully saturated rings. The molecule has 1 aromatic heterocycles. The van der Waals surface area contributed by atoms with Crippen molar-refractivity contribution in [3.8, 4) is 5.75 Å². The maximum atomic E-state index is 11.7. The lowest BCUT2D eigenvalue weighted by atomic mass is 10.3. The number of nitro benzene ring substituents is 1. The van der Waals surface area contributed by atoms with E-state index in [2.05, 4.69) is 5.32 Å². The lowest BCUT2D eigenvalue weighted by Crippen LogP contribution is -2.26. The Bertz CT molecular complexity index is 672. The highest BCUT2D eigenvalue weighted by atomic mass is 35.5. The summed E-state index contributed by atoms with van der Waals surface area (Å²) in [5.74, 6) is 0.395. The van der Waals surface area contributed by atoms with Gasteiger partial charge in [-0.2, -0.15) is 0 Å². The number of halogens is 1. The number of ether oxygens (including phenoxy) is 1. The van der Waals surface area contributed by atoms with Crippen molar-refractivity contribution >= 4 is 34.5 Å². The van der Waals surface area contributed by atoms with E-state index >= 15 is 0 Å². The number of benzene rings is 1. The highest BCUT2D eigenvalue weighted by Gasteiger charge is 2.06. The minimum Gasteiger partial charge on any atom is -0.493 e. The van der Waals surface area contributed by atoms with E-state index in [0.717, 1.165) is 15.6 Å². The molecule has 8 heteroatoms. The van der Waals surface area contributed by atoms with E-state index in [4.69, 9.17) is 16.3 Å². The van der Waals surface area contributed by atoms with Crippen LogP contribution >= 0.6 is 22.9 Å². The largest absolute Gasteiger partial charge is 0.493 e. The van der Waals surface area contributed by atoms with Crippen LogP contribution in [0.3, 0.4) is 0 Å². The molecule has 0 saturated heterocycles. The van der Waals surface area contributed by atoms with Crippen molar-refractivity contribution < 1.29 is 14.5 Å². The molecular weight excluding hydrogens is 340 g/mol. The second-order valence-electron chi connectivity index (χ2n) is 4.66. The summed E-state index contributed by atoms with van der Waals surface area (Å²) in [7, 11) is 0. The molecule has 1 aromatic carbocycles. The summed E-state index contributed by atoms with van der Waals surface area (Å²) >= 11 is 7.33. The number of carbonyl (C=O) groups excluding carboxylic acids is 1. The number of hydrogen-bond donors (Lipinski definition) is 1. The van der Waals surface area contributed by atoms with Crippen molar-refractivity contribution in [2.45, 2.75) is 12.8 Å². The number of nitrogens with one attached hydrogen (secondary N) is 1. The van der Waals surface area contributed by atoms with E-state index in [1.54, 1.807) is 0 Å². The summed E-state index contributed by atoms with van der Waals surface area (Å²) in [4.78, 5) is 22.8. The van der Waals surface area contributed by atoms with Gasteiger partial charge in [-0.3, -0.25) is 14.9 Å². The van der Waals surface area contributed by atoms with Gasteiger partial charge in [0, 0.05) is 23.6 Å². The van der Waals surface area contributed by atoms with Gasteiger partial charge in [-0.25, -0.2) is 0 Å². The molecule has 23 heavy (non-hydrogen) atoms. The molecule has 0 atom stereocenters. The van der Waals surface area contributed by atoms with Crippen LogP contribution in [0.25, 0.3) is 0 Å². The Morgan fingerprint density at radius 1 is 1.26 bits per heavy atom. The summed E-state index contributed by atoms with van der Waals surface area (Å²) in [6.45, 7) is 0.766. The van der Waals surface area contributed by atoms with Gasteiger partial charge < -0.3 is 10.1 Å². The summed E-state index contributed by atoms with van der Waals surface area (Å²) in [6, 6.07) is 9.52. The van der Waals surface area contributed by atoms with Crippen molar-refractivity contribution in [2.24, 2.45) is 0 Å². The standard InChI is InChI=1S/C15H15ClN2O4S/c16-14-6-5-13(23-14)7-9-17-15(19)8-10-22-12-3-1-11(2-4-12)18(20)21/h1-6H,7-10H2,(H,17,19). The van der Waals surface area contributed by atoms with Crippen LogP contribution in [0.15, 0.2) is 36.4 Å². The number of rotatable bonds is 8. The van der Waals surface area contributed by atoms with E-state index in [0.29, 0.717) is 12.3 Å². The fourth-order valence-electron chi connectivity index (χ4n) is 1.83. The normalized spacial score (nSPS) is 10.3. The molecule has 0 aliphatic carbocycles. The van der Waals surface area contributed by atoms with E-state index in [9.17, 15) is 14.9 Å². The van der Waals surface area contributed by atoms with Crippen LogP contribution in [0.2, 0.25) is 4.34 Å². The van der Waals surface area contributed by atoms with E-state index in [-0.39, 0.29) is 24.6 Å². The molecule has 0 aliphatic heterocycles. The molecule has 1 amide bonds. The maximum absolute atomic E-state index is 11.7. The third kappa shape index (κ3) is 5.88. The van der Waals surface area contributed by atoms with E-state index in [1.807, 2.05) is 12.1 Å². The number of nitro groups is 1. The van der Waals surface area contributed by atoms with Crippen LogP contribution in [0.1, 0.15) is 11.3 Å². The Morgan fingerprint density at radius 2 is 2.00 bits per heavy atom. The van der Waals surface area contributed by atoms with Gasteiger partial charge in [0.25, 0.3) is 5.69 Å². The third-order valence-electron chi connectivity index (χ3n) is 2.97. The second kappa shape index (κ2) is 8.50. The van der Waals surface area contributed by atoms with Gasteiger partial charge in [0.15, 0.2) is 0 Å². The van der Waals surface area contributed by atoms with E-state index in [1.165, 1.54) is 35.6 Å². The minimum absolute atomic E-state index is 0.00349. The molecule has 2 rings (SSSR count). The highest BCUT2D eigenvalue weighted by molar-refractivity contribution is 7.16. The molecule has 0 bridgehead atoms. The van der Waals surface area contributed by atoms with Gasteiger partial charge in [0.1, 0.15) is 5.75 Å². The first kappa shape index (κ1) is 17.2. The Morgan fingerprint density at radius 3 is 2.61 bits per heavy atom. The molecule has 0 spiro atoms. The predicted molar refractivity (Wildman–Crippen MR) is 89.3 cm³/mol. The van der Waals surface area contributed by atoms with Gasteiger partial charge in [-0.1, -0.05) is 11.6 Å². The van der Waals surface area contributed by atoms with Crippen LogP contribution in [0.5, 0.6) is 5.75 Å². The molecule has 1 N–H and O–H groups in total. The Labute approximate surface area is 142 Å². The molecule has 6 nitrogen and oxygen atoms in total. The van der Waals surface area contributed by atoms with Crippen LogP contribution < -0.4 is 10.1 Å². The number of hydrogen-bond acceptors (Lipinski definition) is 5. The van der Waals surface area contributed by atoms with Crippen LogP contribution in [-0.2, 0) is 11.2 Å². The van der Waals surface area contributed by atoms with Crippen LogP contribution in [0.4, 0.5) is 5.69 Å². The first-order valence-electron chi connectivity index (χ1n) is 6.93. The monoisotopic (exact) mass is 354 g/mol. The van der Waals surface area contributed by atoms with Crippen molar-refractivity contribution in [1.29, 1.82) is 0 Å². The summed E-state index contributed by atoms with van der Waals surface area (Å²) < 4.78 is 6.12. The Hall–Kier alpha value is -2.12. The fraction of sp³-hybridized carbons (Fsp3) is 0.267. The first-order valence-corrected chi connectivity index (χ1v) is 8.12. The maximum Gasteiger partial charge on any atom is 0.269 e. The SMILES string of the molecule is O=C(CCOc1ccc([N+](=O)[O-])cc1)NCCc1ccc(Cl)s1. The number of carbonyl (C=O) groups is 1. The number of amides is 1. The molecule has 0 aliphatic rings. The molecule has 0 unspecified atom stereocenters. The van der Waals surface area contributed by atoms with Gasteiger partial charge in [-0.05, 0) is 30.7 Å². The average Bonchev–Trinajstić information content (AvgIpc) is 2.93. The summed E-state index contributed by atoms with van der Waals surface area (Å²) in [5, 5.41) is 13.3. The van der Waals surface area contributed by atoms with Crippen molar-refractivity contribution in [1.82, 2.24) is 5.32 Å². The molecular formula is C15H15ClN2O4S. The number of non-ortho nitro benzene ring substituents is 1. The lowest BCUT2D eigenvalue weighted by Gasteiger charge is -2.06. The van der Waals surface area contributed by atoms with Crippen LogP contribution in [0, 0.1) is 10.1 Å². The van der Waals surface area contributed by atoms with Gasteiger partial charge in [-0.15, -0.1) is 11.3 Å². The molecule has 0 saturated carbocycles. The molecule has 122 valence electrons. The van der Waals surface area contributed by atoms with Crippen LogP contribution in [-0.4, -0.2) is 24.0 Å². The fourth-order valence-corrected chi connectivity index (χ4v) is 2.91. The third-order valence-corrected chi connectivity index (χ3v) is 4.26. The van der Waals surface area contributed by atoms with Crippen molar-refractivity contribution in [3.63, 3.8) is 0 Å². The molecule has 1 heterocycles. The topological polar surface area (TPSA) is 81.5 Å². The van der Waals surface area contributed by atoms with E-state index < -0.39 is 4.92 Å². The molecule has 2 aromatic rings. The Kier molecular flexibility index (Phi) is 6.37. The summed E-state index contributed by atoms with van der Waals surface area (Å²) in [6.07, 6.45) is 0.967. The van der Waals surface area contributed by atoms with Gasteiger partial charge >= 0.3 is 0 Å². The minimum atomic E-state index is -0.474. The van der Waals surface area contributed by atoms with Crippen molar-refractivity contribution in [2.75, 3.05) is 13.2 Å². The zero-order chi connectivity index (χ0) is 16.7. The summed E-state index contributed by atoms with van der Waals surface area (Å²) in [5.41, 5.74) is 0.00349. The first-order chi connectivity index (χ1) is 11.0. The zero-order valence-corrected chi connectivity index (χ0v) is 13.7. The highest BCUT2D eigenvalue weighted by Crippen LogP contribution is 2.21. The zero-order valence-electron chi connectivity index (χ0n) is 12.2. The quantitative estimate of drug-likeness (QED) is 0.581. The molecule has 0 radical (unpaired) electrons. The lowest BCUT2D eigenvalue weighted by molar-refractivity contribution is -0.384. The van der Waals surface area contributed by atoms with Gasteiger partial charge in [0.2, 0.25) is 5.91 Å². The van der Waals surface area contributed by atoms with Gasteiger partial charge in [0.05, 0.1) is 22.3 Å². The second-order valence-corrected chi connectivity index (χ2v) is 6.45. The number of nitrogens with zero attached hydrogens (tertiary/aromatic N) is 1. The smallest absolute Gasteiger partial charge is 0.269 e. The van der Waals surface area contributed by atoms with Crippen molar-refractivity contribution in [3.05, 3.63) is 55.7 Å². The Balaban J connectivity index is 1.63.